The highest BCUT2D eigenvalue weighted by Crippen LogP contribution is 2.21. The molecule has 5 heteroatoms. The van der Waals surface area contributed by atoms with Gasteiger partial charge in [-0.2, -0.15) is 4.98 Å². The molecule has 0 unspecified atom stereocenters. The molecular weight excluding hydrogens is 256 g/mol. The van der Waals surface area contributed by atoms with Crippen LogP contribution in [0.4, 0.5) is 0 Å². The van der Waals surface area contributed by atoms with Gasteiger partial charge in [0.15, 0.2) is 17.7 Å². The van der Waals surface area contributed by atoms with Crippen LogP contribution < -0.4 is 4.74 Å². The molecule has 0 radical (unpaired) electrons. The summed E-state index contributed by atoms with van der Waals surface area (Å²) < 4.78 is 10.9. The van der Waals surface area contributed by atoms with Crippen LogP contribution in [-0.4, -0.2) is 15.9 Å². The molecule has 0 spiro atoms. The summed E-state index contributed by atoms with van der Waals surface area (Å²) in [5.74, 6) is 1.86. The molecule has 2 aromatic rings. The van der Waals surface area contributed by atoms with Crippen LogP contribution in [0.25, 0.3) is 0 Å². The second-order valence-corrected chi connectivity index (χ2v) is 4.64. The average Bonchev–Trinajstić information content (AvgIpc) is 2.88. The molecule has 1 aromatic heterocycles. The van der Waals surface area contributed by atoms with E-state index in [1.807, 2.05) is 6.92 Å². The fraction of sp³-hybridized carbons (Fsp3) is 0.400. The number of rotatable bonds is 6. The summed E-state index contributed by atoms with van der Waals surface area (Å²) in [7, 11) is 0. The molecule has 0 aliphatic rings. The van der Waals surface area contributed by atoms with E-state index in [9.17, 15) is 4.79 Å². The Bertz CT molecular complexity index is 575. The highest BCUT2D eigenvalue weighted by atomic mass is 16.5. The van der Waals surface area contributed by atoms with Crippen LogP contribution in [0, 0.1) is 0 Å². The zero-order chi connectivity index (χ0) is 14.5. The molecule has 0 N–H and O–H groups in total. The van der Waals surface area contributed by atoms with Gasteiger partial charge < -0.3 is 9.26 Å². The molecule has 20 heavy (non-hydrogen) atoms. The van der Waals surface area contributed by atoms with Gasteiger partial charge in [-0.15, -0.1) is 0 Å². The molecule has 0 saturated heterocycles. The molecule has 0 aliphatic heterocycles. The van der Waals surface area contributed by atoms with Crippen molar-refractivity contribution < 1.29 is 14.1 Å². The van der Waals surface area contributed by atoms with E-state index in [4.69, 9.17) is 9.26 Å². The fourth-order valence-corrected chi connectivity index (χ4v) is 1.78. The first-order valence-corrected chi connectivity index (χ1v) is 6.70. The molecule has 1 aromatic carbocycles. The first-order valence-electron chi connectivity index (χ1n) is 6.70. The summed E-state index contributed by atoms with van der Waals surface area (Å²) >= 11 is 0. The van der Waals surface area contributed by atoms with Crippen LogP contribution in [0.3, 0.4) is 0 Å². The lowest BCUT2D eigenvalue weighted by Crippen LogP contribution is -2.04. The van der Waals surface area contributed by atoms with Crippen molar-refractivity contribution in [2.75, 3.05) is 0 Å². The predicted molar refractivity (Wildman–Crippen MR) is 73.8 cm³/mol. The van der Waals surface area contributed by atoms with Gasteiger partial charge in [0.2, 0.25) is 0 Å². The first kappa shape index (κ1) is 14.2. The van der Waals surface area contributed by atoms with Gasteiger partial charge in [-0.05, 0) is 44.5 Å². The Balaban J connectivity index is 2.02. The monoisotopic (exact) mass is 274 g/mol. The largest absolute Gasteiger partial charge is 0.481 e. The summed E-state index contributed by atoms with van der Waals surface area (Å²) in [5, 5.41) is 3.90. The molecule has 106 valence electrons. The van der Waals surface area contributed by atoms with E-state index in [-0.39, 0.29) is 11.9 Å². The SMILES string of the molecule is CCCc1noc([C@H](C)Oc2ccc(C(C)=O)cc2)n1. The third-order valence-corrected chi connectivity index (χ3v) is 2.88. The summed E-state index contributed by atoms with van der Waals surface area (Å²) in [5.41, 5.74) is 0.660. The summed E-state index contributed by atoms with van der Waals surface area (Å²) in [6.07, 6.45) is 1.45. The van der Waals surface area contributed by atoms with Crippen LogP contribution in [0.5, 0.6) is 5.75 Å². The minimum atomic E-state index is -0.323. The third-order valence-electron chi connectivity index (χ3n) is 2.88. The van der Waals surface area contributed by atoms with E-state index in [0.29, 0.717) is 23.0 Å². The lowest BCUT2D eigenvalue weighted by atomic mass is 10.1. The van der Waals surface area contributed by atoms with E-state index in [1.165, 1.54) is 6.92 Å². The number of carbonyl (C=O) groups is 1. The Kier molecular flexibility index (Phi) is 4.50. The maximum absolute atomic E-state index is 11.2. The molecule has 0 aliphatic carbocycles. The van der Waals surface area contributed by atoms with Crippen molar-refractivity contribution >= 4 is 5.78 Å². The van der Waals surface area contributed by atoms with Gasteiger partial charge in [0.25, 0.3) is 5.89 Å². The predicted octanol–water partition coefficient (Wildman–Crippen LogP) is 3.36. The van der Waals surface area contributed by atoms with E-state index in [0.717, 1.165) is 12.8 Å². The average molecular weight is 274 g/mol. The molecule has 0 amide bonds. The zero-order valence-electron chi connectivity index (χ0n) is 11.9. The van der Waals surface area contributed by atoms with Crippen LogP contribution >= 0.6 is 0 Å². The zero-order valence-corrected chi connectivity index (χ0v) is 11.9. The van der Waals surface area contributed by atoms with Crippen LogP contribution in [0.1, 0.15) is 55.4 Å². The van der Waals surface area contributed by atoms with Crippen molar-refractivity contribution in [1.29, 1.82) is 0 Å². The molecule has 1 atom stereocenters. The number of benzene rings is 1. The summed E-state index contributed by atoms with van der Waals surface area (Å²) in [6, 6.07) is 6.99. The van der Waals surface area contributed by atoms with E-state index in [1.54, 1.807) is 24.3 Å². The second kappa shape index (κ2) is 6.32. The number of aryl methyl sites for hydroxylation is 1. The summed E-state index contributed by atoms with van der Waals surface area (Å²) in [4.78, 5) is 15.5. The Morgan fingerprint density at radius 1 is 1.35 bits per heavy atom. The Morgan fingerprint density at radius 2 is 2.05 bits per heavy atom. The maximum Gasteiger partial charge on any atom is 0.267 e. The standard InChI is InChI=1S/C15H18N2O3/c1-4-5-14-16-15(20-17-14)11(3)19-13-8-6-12(7-9-13)10(2)18/h6-9,11H,4-5H2,1-3H3/t11-/m0/s1. The fourth-order valence-electron chi connectivity index (χ4n) is 1.78. The normalized spacial score (nSPS) is 12.2. The Morgan fingerprint density at radius 3 is 2.65 bits per heavy atom. The van der Waals surface area contributed by atoms with Crippen LogP contribution in [-0.2, 0) is 6.42 Å². The summed E-state index contributed by atoms with van der Waals surface area (Å²) in [6.45, 7) is 5.45. The number of Topliss-reactive ketones (excluding diaryl/α,β-unsaturated/α-hetero) is 1. The third kappa shape index (κ3) is 3.44. The number of hydrogen-bond donors (Lipinski definition) is 0. The van der Waals surface area contributed by atoms with E-state index < -0.39 is 0 Å². The van der Waals surface area contributed by atoms with Crippen molar-refractivity contribution in [3.05, 3.63) is 41.5 Å². The van der Waals surface area contributed by atoms with Gasteiger partial charge >= 0.3 is 0 Å². The van der Waals surface area contributed by atoms with Crippen LogP contribution in [0.15, 0.2) is 28.8 Å². The Labute approximate surface area is 118 Å². The highest BCUT2D eigenvalue weighted by molar-refractivity contribution is 5.94. The van der Waals surface area contributed by atoms with Gasteiger partial charge in [0, 0.05) is 12.0 Å². The lowest BCUT2D eigenvalue weighted by Gasteiger charge is -2.10. The second-order valence-electron chi connectivity index (χ2n) is 4.64. The number of ether oxygens (including phenoxy) is 1. The molecule has 2 rings (SSSR count). The molecule has 0 fully saturated rings. The molecule has 0 bridgehead atoms. The van der Waals surface area contributed by atoms with Crippen molar-refractivity contribution in [2.24, 2.45) is 0 Å². The van der Waals surface area contributed by atoms with Crippen molar-refractivity contribution in [1.82, 2.24) is 10.1 Å². The van der Waals surface area contributed by atoms with Gasteiger partial charge in [-0.3, -0.25) is 4.79 Å². The maximum atomic E-state index is 11.2. The molecule has 0 saturated carbocycles. The number of aromatic nitrogens is 2. The molecule has 1 heterocycles. The highest BCUT2D eigenvalue weighted by Gasteiger charge is 2.15. The number of nitrogens with zero attached hydrogens (tertiary/aromatic N) is 2. The minimum absolute atomic E-state index is 0.0331. The van der Waals surface area contributed by atoms with E-state index in [2.05, 4.69) is 17.1 Å². The van der Waals surface area contributed by atoms with Gasteiger partial charge in [-0.1, -0.05) is 12.1 Å². The molecular formula is C15H18N2O3. The first-order chi connectivity index (χ1) is 9.60. The van der Waals surface area contributed by atoms with Crippen molar-refractivity contribution in [3.63, 3.8) is 0 Å². The van der Waals surface area contributed by atoms with Crippen LogP contribution in [0.2, 0.25) is 0 Å². The smallest absolute Gasteiger partial charge is 0.267 e. The number of hydrogen-bond acceptors (Lipinski definition) is 5. The van der Waals surface area contributed by atoms with Gasteiger partial charge in [0.1, 0.15) is 5.75 Å². The van der Waals surface area contributed by atoms with Gasteiger partial charge in [0.05, 0.1) is 0 Å². The van der Waals surface area contributed by atoms with E-state index >= 15 is 0 Å². The number of ketones is 1. The quantitative estimate of drug-likeness (QED) is 0.756. The van der Waals surface area contributed by atoms with Gasteiger partial charge in [-0.25, -0.2) is 0 Å². The van der Waals surface area contributed by atoms with Crippen molar-refractivity contribution in [2.45, 2.75) is 39.7 Å². The van der Waals surface area contributed by atoms with Crippen molar-refractivity contribution in [3.8, 4) is 5.75 Å². The number of carbonyl (C=O) groups excluding carboxylic acids is 1. The minimum Gasteiger partial charge on any atom is -0.481 e. The topological polar surface area (TPSA) is 65.2 Å². The lowest BCUT2D eigenvalue weighted by molar-refractivity contribution is 0.101. The Hall–Kier alpha value is -2.17. The molecule has 5 nitrogen and oxygen atoms in total.